The minimum atomic E-state index is 0.0469. The van der Waals surface area contributed by atoms with Crippen molar-refractivity contribution in [2.45, 2.75) is 51.4 Å². The number of rotatable bonds is 6. The fraction of sp³-hybridized carbons (Fsp3) is 0.203. The van der Waals surface area contributed by atoms with E-state index >= 15 is 0 Å². The van der Waals surface area contributed by atoms with Gasteiger partial charge in [-0.3, -0.25) is 4.99 Å². The summed E-state index contributed by atoms with van der Waals surface area (Å²) in [6.45, 7) is 10.4. The average molecular weight is 806 g/mol. The van der Waals surface area contributed by atoms with Gasteiger partial charge in [0, 0.05) is 62.5 Å². The van der Waals surface area contributed by atoms with Gasteiger partial charge in [-0.05, 0) is 77.5 Å². The van der Waals surface area contributed by atoms with Gasteiger partial charge in [-0.25, -0.2) is 0 Å². The summed E-state index contributed by atoms with van der Waals surface area (Å²) in [4.78, 5) is 5.73. The van der Waals surface area contributed by atoms with Crippen LogP contribution in [0.15, 0.2) is 195 Å². The fourth-order valence-corrected chi connectivity index (χ4v) is 10.7. The number of para-hydroxylation sites is 3. The van der Waals surface area contributed by atoms with E-state index in [1.54, 1.807) is 0 Å². The van der Waals surface area contributed by atoms with Gasteiger partial charge >= 0.3 is 0 Å². The second-order valence-electron chi connectivity index (χ2n) is 17.8. The van der Waals surface area contributed by atoms with Gasteiger partial charge in [-0.1, -0.05) is 189 Å². The minimum absolute atomic E-state index is 0.0469. The molecule has 3 heterocycles. The van der Waals surface area contributed by atoms with E-state index in [0.29, 0.717) is 12.5 Å². The van der Waals surface area contributed by atoms with Crippen LogP contribution in [0.3, 0.4) is 0 Å². The first-order chi connectivity index (χ1) is 30.5. The Balaban J connectivity index is 0.980. The lowest BCUT2D eigenvalue weighted by Gasteiger charge is -2.30. The van der Waals surface area contributed by atoms with Crippen molar-refractivity contribution in [3.63, 3.8) is 0 Å². The molecule has 3 nitrogen and oxygen atoms in total. The lowest BCUT2D eigenvalue weighted by atomic mass is 9.74. The summed E-state index contributed by atoms with van der Waals surface area (Å²) in [5.41, 5.74) is 16.5. The van der Waals surface area contributed by atoms with Crippen LogP contribution in [-0.2, 0) is 0 Å². The van der Waals surface area contributed by atoms with Gasteiger partial charge in [-0.2, -0.15) is 0 Å². The summed E-state index contributed by atoms with van der Waals surface area (Å²) in [6, 6.07) is 52.3. The monoisotopic (exact) mass is 805 g/mol. The molecule has 11 rings (SSSR count). The molecule has 5 atom stereocenters. The first-order valence-corrected chi connectivity index (χ1v) is 22.5. The molecule has 0 bridgehead atoms. The molecule has 0 saturated carbocycles. The smallest absolute Gasteiger partial charge is 0.140 e. The van der Waals surface area contributed by atoms with Gasteiger partial charge in [0.25, 0.3) is 0 Å². The number of hydrogen-bond donors (Lipinski definition) is 0. The van der Waals surface area contributed by atoms with E-state index in [1.807, 2.05) is 0 Å². The number of hydrogen-bond acceptors (Lipinski definition) is 3. The molecular weight excluding hydrogens is 755 g/mol. The predicted octanol–water partition coefficient (Wildman–Crippen LogP) is 14.1. The minimum Gasteiger partial charge on any atom is -0.456 e. The van der Waals surface area contributed by atoms with Crippen LogP contribution >= 0.6 is 0 Å². The highest BCUT2D eigenvalue weighted by Gasteiger charge is 2.34. The van der Waals surface area contributed by atoms with Gasteiger partial charge in [0.2, 0.25) is 0 Å². The number of benzene rings is 6. The summed E-state index contributed by atoms with van der Waals surface area (Å²) in [5.74, 6) is 0.921. The number of fused-ring (bicyclic) bond motifs is 6. The summed E-state index contributed by atoms with van der Waals surface area (Å²) < 4.78 is 13.5. The molecule has 0 spiro atoms. The highest BCUT2D eigenvalue weighted by Crippen LogP contribution is 2.46. The Morgan fingerprint density at radius 2 is 1.29 bits per heavy atom. The van der Waals surface area contributed by atoms with Crippen LogP contribution in [0, 0.1) is 17.8 Å². The molecule has 2 aliphatic carbocycles. The Hall–Kier alpha value is -6.71. The predicted molar refractivity (Wildman–Crippen MR) is 259 cm³/mol. The van der Waals surface area contributed by atoms with Crippen LogP contribution in [0.5, 0.6) is 0 Å². The molecule has 2 aromatic heterocycles. The first-order valence-electron chi connectivity index (χ1n) is 22.5. The van der Waals surface area contributed by atoms with Gasteiger partial charge in [0.1, 0.15) is 22.2 Å². The zero-order valence-corrected chi connectivity index (χ0v) is 35.6. The molecule has 8 aromatic rings. The molecule has 5 unspecified atom stereocenters. The third kappa shape index (κ3) is 6.72. The quantitative estimate of drug-likeness (QED) is 0.157. The Morgan fingerprint density at radius 3 is 2.08 bits per heavy atom. The molecule has 304 valence electrons. The molecule has 62 heavy (non-hydrogen) atoms. The normalized spacial score (nSPS) is 21.8. The second-order valence-corrected chi connectivity index (χ2v) is 17.8. The van der Waals surface area contributed by atoms with Crippen LogP contribution in [0.1, 0.15) is 62.5 Å². The summed E-state index contributed by atoms with van der Waals surface area (Å²) in [5, 5.41) is 4.73. The summed E-state index contributed by atoms with van der Waals surface area (Å²) in [6.07, 6.45) is 13.2. The molecule has 1 aliphatic heterocycles. The zero-order chi connectivity index (χ0) is 41.7. The average Bonchev–Trinajstić information content (AvgIpc) is 3.91. The molecule has 0 fully saturated rings. The van der Waals surface area contributed by atoms with Crippen molar-refractivity contribution in [1.82, 2.24) is 0 Å². The van der Waals surface area contributed by atoms with E-state index in [-0.39, 0.29) is 23.7 Å². The Bertz CT molecular complexity index is 3230. The second kappa shape index (κ2) is 16.0. The van der Waals surface area contributed by atoms with E-state index in [2.05, 4.69) is 184 Å². The Labute approximate surface area is 363 Å². The Kier molecular flexibility index (Phi) is 9.84. The van der Waals surface area contributed by atoms with Crippen LogP contribution < -0.4 is 10.6 Å². The first kappa shape index (κ1) is 38.2. The van der Waals surface area contributed by atoms with Crippen molar-refractivity contribution >= 4 is 50.3 Å². The highest BCUT2D eigenvalue weighted by atomic mass is 16.3. The van der Waals surface area contributed by atoms with Gasteiger partial charge in [0.15, 0.2) is 0 Å². The lowest BCUT2D eigenvalue weighted by molar-refractivity contribution is 0.545. The van der Waals surface area contributed by atoms with Crippen LogP contribution in [-0.4, -0.2) is 12.3 Å². The van der Waals surface area contributed by atoms with Crippen molar-refractivity contribution in [2.75, 3.05) is 6.54 Å². The number of nitrogens with zero attached hydrogens (tertiary/aromatic N) is 1. The van der Waals surface area contributed by atoms with Crippen molar-refractivity contribution in [3.05, 3.63) is 203 Å². The SMILES string of the molecule is C=C1C(C2=CC=CC(c3ccc(-c4ccccc4-c4ccccc4)cc3)C2)CN=C(C2=c3oc4ccccc4c3=CCC2C)C(C)CCC1c1cccc2c1oc1ccccc12. The van der Waals surface area contributed by atoms with Crippen LogP contribution in [0.4, 0.5) is 0 Å². The number of allylic oxidation sites excluding steroid dienone is 3. The van der Waals surface area contributed by atoms with Crippen molar-refractivity contribution in [3.8, 4) is 22.3 Å². The molecule has 0 amide bonds. The molecule has 0 saturated heterocycles. The standard InChI is InChI=1S/C59H51NO2/c1-37-27-34-52-49-22-10-12-26-55(49)62-59(52)56(37)57-38(2)28-33-45(50-23-14-24-51-48-21-9-11-25-54(48)61-58(50)51)39(3)53(36-60-57)44-18-13-17-43(35-44)40-29-31-42(32-30-40)47-20-8-7-19-46(47)41-15-5-4-6-16-41/h4-26,29-32,34,37-38,43,45,53H,3,27-28,33,35-36H2,1-2H3. The lowest BCUT2D eigenvalue weighted by Crippen LogP contribution is -2.34. The van der Waals surface area contributed by atoms with Crippen LogP contribution in [0.25, 0.3) is 66.8 Å². The van der Waals surface area contributed by atoms with E-state index in [9.17, 15) is 0 Å². The molecule has 6 aromatic carbocycles. The largest absolute Gasteiger partial charge is 0.456 e. The van der Waals surface area contributed by atoms with Crippen molar-refractivity contribution in [2.24, 2.45) is 22.7 Å². The van der Waals surface area contributed by atoms with Crippen LogP contribution in [0.2, 0.25) is 0 Å². The third-order valence-corrected chi connectivity index (χ3v) is 14.0. The number of furan rings is 2. The van der Waals surface area contributed by atoms with Gasteiger partial charge < -0.3 is 8.83 Å². The van der Waals surface area contributed by atoms with Crippen molar-refractivity contribution < 1.29 is 8.83 Å². The van der Waals surface area contributed by atoms with Gasteiger partial charge in [0.05, 0.1) is 0 Å². The highest BCUT2D eigenvalue weighted by molar-refractivity contribution is 6.20. The summed E-state index contributed by atoms with van der Waals surface area (Å²) >= 11 is 0. The maximum atomic E-state index is 6.74. The topological polar surface area (TPSA) is 38.6 Å². The van der Waals surface area contributed by atoms with E-state index in [4.69, 9.17) is 20.4 Å². The molecule has 3 heteroatoms. The molecule has 0 N–H and O–H groups in total. The summed E-state index contributed by atoms with van der Waals surface area (Å²) in [7, 11) is 0. The maximum absolute atomic E-state index is 6.74. The number of aliphatic imine (C=N–C) groups is 1. The molecule has 0 radical (unpaired) electrons. The van der Waals surface area contributed by atoms with E-state index in [0.717, 1.165) is 53.2 Å². The Morgan fingerprint density at radius 1 is 0.613 bits per heavy atom. The van der Waals surface area contributed by atoms with E-state index in [1.165, 1.54) is 71.8 Å². The molecule has 3 aliphatic rings. The van der Waals surface area contributed by atoms with Crippen molar-refractivity contribution in [1.29, 1.82) is 0 Å². The van der Waals surface area contributed by atoms with E-state index < -0.39 is 0 Å². The fourth-order valence-electron chi connectivity index (χ4n) is 10.7. The molecular formula is C59H51NO2. The zero-order valence-electron chi connectivity index (χ0n) is 35.6. The third-order valence-electron chi connectivity index (χ3n) is 14.0. The maximum Gasteiger partial charge on any atom is 0.140 e. The van der Waals surface area contributed by atoms with Gasteiger partial charge in [-0.15, -0.1) is 0 Å².